The van der Waals surface area contributed by atoms with E-state index in [0.29, 0.717) is 30.6 Å². The van der Waals surface area contributed by atoms with Crippen LogP contribution in [0.25, 0.3) is 0 Å². The fraction of sp³-hybridized carbons (Fsp3) is 0.462. The molecule has 102 valence electrons. The van der Waals surface area contributed by atoms with Crippen LogP contribution in [-0.2, 0) is 0 Å². The third-order valence-electron chi connectivity index (χ3n) is 3.42. The lowest BCUT2D eigenvalue weighted by Gasteiger charge is -2.30. The van der Waals surface area contributed by atoms with Crippen molar-refractivity contribution in [1.82, 2.24) is 4.90 Å². The molecule has 0 aliphatic carbocycles. The van der Waals surface area contributed by atoms with E-state index in [-0.39, 0.29) is 11.6 Å². The van der Waals surface area contributed by atoms with Gasteiger partial charge >= 0.3 is 0 Å². The Kier molecular flexibility index (Phi) is 3.80. The topological polar surface area (TPSA) is 83.7 Å². The molecule has 0 saturated carbocycles. The highest BCUT2D eigenvalue weighted by Gasteiger charge is 2.26. The smallest absolute Gasteiger partial charge is 0.273 e. The number of nitrogens with zero attached hydrogens (tertiary/aromatic N) is 2. The Morgan fingerprint density at radius 1 is 1.53 bits per heavy atom. The molecule has 6 nitrogen and oxygen atoms in total. The molecule has 0 bridgehead atoms. The number of β-amino-alcohol motifs (C(OH)–C–C–N with tert-alkyl or cyclic N) is 1. The van der Waals surface area contributed by atoms with Crippen molar-refractivity contribution in [2.45, 2.75) is 25.9 Å². The van der Waals surface area contributed by atoms with E-state index in [4.69, 9.17) is 0 Å². The summed E-state index contributed by atoms with van der Waals surface area (Å²) in [5, 5.41) is 20.5. The van der Waals surface area contributed by atoms with Crippen LogP contribution in [0.1, 0.15) is 28.8 Å². The van der Waals surface area contributed by atoms with Crippen LogP contribution < -0.4 is 0 Å². The normalized spacial score (nSPS) is 19.3. The van der Waals surface area contributed by atoms with Crippen molar-refractivity contribution in [1.29, 1.82) is 0 Å². The summed E-state index contributed by atoms with van der Waals surface area (Å²) in [5.41, 5.74) is 0.657. The van der Waals surface area contributed by atoms with Gasteiger partial charge in [0.25, 0.3) is 11.6 Å². The Morgan fingerprint density at radius 3 is 2.89 bits per heavy atom. The molecule has 1 aromatic carbocycles. The van der Waals surface area contributed by atoms with Gasteiger partial charge in [-0.15, -0.1) is 0 Å². The number of amides is 1. The van der Waals surface area contributed by atoms with E-state index in [9.17, 15) is 20.0 Å². The van der Waals surface area contributed by atoms with E-state index in [1.165, 1.54) is 12.1 Å². The Labute approximate surface area is 110 Å². The summed E-state index contributed by atoms with van der Waals surface area (Å²) in [7, 11) is 0. The van der Waals surface area contributed by atoms with Crippen LogP contribution in [0.4, 0.5) is 5.69 Å². The van der Waals surface area contributed by atoms with Gasteiger partial charge in [0.2, 0.25) is 0 Å². The molecule has 1 aliphatic heterocycles. The van der Waals surface area contributed by atoms with E-state index in [1.807, 2.05) is 0 Å². The minimum Gasteiger partial charge on any atom is -0.391 e. The van der Waals surface area contributed by atoms with Gasteiger partial charge in [0.05, 0.1) is 11.0 Å². The first-order valence-electron chi connectivity index (χ1n) is 6.22. The number of piperidine rings is 1. The summed E-state index contributed by atoms with van der Waals surface area (Å²) >= 11 is 0. The van der Waals surface area contributed by atoms with E-state index < -0.39 is 11.0 Å². The van der Waals surface area contributed by atoms with Gasteiger partial charge in [0.15, 0.2) is 0 Å². The molecular formula is C13H16N2O4. The molecule has 1 fully saturated rings. The zero-order valence-corrected chi connectivity index (χ0v) is 10.7. The summed E-state index contributed by atoms with van der Waals surface area (Å²) in [6, 6.07) is 4.49. The van der Waals surface area contributed by atoms with Crippen LogP contribution in [0.15, 0.2) is 18.2 Å². The van der Waals surface area contributed by atoms with E-state index in [0.717, 1.165) is 6.42 Å². The number of nitro benzene ring substituents is 1. The van der Waals surface area contributed by atoms with Gasteiger partial charge in [-0.25, -0.2) is 0 Å². The average molecular weight is 264 g/mol. The number of rotatable bonds is 2. The highest BCUT2D eigenvalue weighted by atomic mass is 16.6. The van der Waals surface area contributed by atoms with Crippen molar-refractivity contribution in [3.8, 4) is 0 Å². The Morgan fingerprint density at radius 2 is 2.26 bits per heavy atom. The lowest BCUT2D eigenvalue weighted by atomic mass is 10.0. The molecule has 1 N–H and O–H groups in total. The van der Waals surface area contributed by atoms with Crippen molar-refractivity contribution >= 4 is 11.6 Å². The average Bonchev–Trinajstić information content (AvgIpc) is 2.38. The second-order valence-corrected chi connectivity index (χ2v) is 4.75. The minimum absolute atomic E-state index is 0.0524. The lowest BCUT2D eigenvalue weighted by Crippen LogP contribution is -2.42. The molecule has 1 heterocycles. The van der Waals surface area contributed by atoms with Crippen molar-refractivity contribution in [3.05, 3.63) is 39.4 Å². The number of hydrogen-bond acceptors (Lipinski definition) is 4. The molecule has 1 aliphatic rings. The molecule has 0 radical (unpaired) electrons. The van der Waals surface area contributed by atoms with Crippen LogP contribution in [0, 0.1) is 17.0 Å². The van der Waals surface area contributed by atoms with Gasteiger partial charge in [-0.1, -0.05) is 6.07 Å². The summed E-state index contributed by atoms with van der Waals surface area (Å²) < 4.78 is 0. The minimum atomic E-state index is -0.503. The van der Waals surface area contributed by atoms with Gasteiger partial charge in [0.1, 0.15) is 0 Å². The molecule has 1 amide bonds. The van der Waals surface area contributed by atoms with Crippen LogP contribution in [0.3, 0.4) is 0 Å². The first kappa shape index (κ1) is 13.5. The number of carbonyl (C=O) groups excluding carboxylic acids is 1. The number of likely N-dealkylation sites (tertiary alicyclic amines) is 1. The third kappa shape index (κ3) is 2.73. The zero-order chi connectivity index (χ0) is 14.0. The van der Waals surface area contributed by atoms with Gasteiger partial charge < -0.3 is 10.0 Å². The number of hydrogen-bond donors (Lipinski definition) is 1. The first-order chi connectivity index (χ1) is 9.00. The van der Waals surface area contributed by atoms with Crippen molar-refractivity contribution in [2.24, 2.45) is 0 Å². The number of benzene rings is 1. The molecule has 2 rings (SSSR count). The summed E-state index contributed by atoms with van der Waals surface area (Å²) in [6.45, 7) is 2.45. The van der Waals surface area contributed by atoms with Crippen LogP contribution >= 0.6 is 0 Å². The summed E-state index contributed by atoms with van der Waals surface area (Å²) in [4.78, 5) is 24.3. The highest BCUT2D eigenvalue weighted by Crippen LogP contribution is 2.23. The maximum absolute atomic E-state index is 12.3. The SMILES string of the molecule is Cc1c(C(=O)N2CCC[C@H](O)C2)cccc1[N+](=O)[O-]. The number of nitro groups is 1. The van der Waals surface area contributed by atoms with Gasteiger partial charge in [-0.3, -0.25) is 14.9 Å². The van der Waals surface area contributed by atoms with Crippen LogP contribution in [0.5, 0.6) is 0 Å². The molecule has 1 saturated heterocycles. The molecule has 6 heteroatoms. The highest BCUT2D eigenvalue weighted by molar-refractivity contribution is 5.96. The zero-order valence-electron chi connectivity index (χ0n) is 10.7. The van der Waals surface area contributed by atoms with Crippen molar-refractivity contribution < 1.29 is 14.8 Å². The molecule has 0 unspecified atom stereocenters. The number of carbonyl (C=O) groups is 1. The Hall–Kier alpha value is -1.95. The fourth-order valence-corrected chi connectivity index (χ4v) is 2.36. The van der Waals surface area contributed by atoms with Crippen LogP contribution in [-0.4, -0.2) is 40.0 Å². The summed E-state index contributed by atoms with van der Waals surface area (Å²) in [5.74, 6) is -0.250. The molecular weight excluding hydrogens is 248 g/mol. The van der Waals surface area contributed by atoms with Crippen LogP contribution in [0.2, 0.25) is 0 Å². The largest absolute Gasteiger partial charge is 0.391 e. The van der Waals surface area contributed by atoms with Gasteiger partial charge in [0, 0.05) is 30.3 Å². The Bertz CT molecular complexity index is 515. The van der Waals surface area contributed by atoms with Crippen molar-refractivity contribution in [2.75, 3.05) is 13.1 Å². The van der Waals surface area contributed by atoms with Gasteiger partial charge in [-0.05, 0) is 25.8 Å². The van der Waals surface area contributed by atoms with Gasteiger partial charge in [-0.2, -0.15) is 0 Å². The molecule has 19 heavy (non-hydrogen) atoms. The third-order valence-corrected chi connectivity index (χ3v) is 3.42. The van der Waals surface area contributed by atoms with E-state index in [1.54, 1.807) is 17.9 Å². The molecule has 1 atom stereocenters. The second kappa shape index (κ2) is 5.36. The van der Waals surface area contributed by atoms with E-state index in [2.05, 4.69) is 0 Å². The maximum atomic E-state index is 12.3. The lowest BCUT2D eigenvalue weighted by molar-refractivity contribution is -0.385. The fourth-order valence-electron chi connectivity index (χ4n) is 2.36. The first-order valence-corrected chi connectivity index (χ1v) is 6.22. The molecule has 0 spiro atoms. The maximum Gasteiger partial charge on any atom is 0.273 e. The monoisotopic (exact) mass is 264 g/mol. The molecule has 1 aromatic rings. The van der Waals surface area contributed by atoms with E-state index >= 15 is 0 Å². The Balaban J connectivity index is 2.28. The number of aliphatic hydroxyl groups is 1. The summed E-state index contributed by atoms with van der Waals surface area (Å²) in [6.07, 6.45) is 0.940. The number of aliphatic hydroxyl groups excluding tert-OH is 1. The quantitative estimate of drug-likeness (QED) is 0.648. The van der Waals surface area contributed by atoms with Crippen molar-refractivity contribution in [3.63, 3.8) is 0 Å². The second-order valence-electron chi connectivity index (χ2n) is 4.75. The predicted molar refractivity (Wildman–Crippen MR) is 69.0 cm³/mol. The standard InChI is InChI=1S/C13H16N2O4/c1-9-11(5-2-6-12(9)15(18)19)13(17)14-7-3-4-10(16)8-14/h2,5-6,10,16H,3-4,7-8H2,1H3/t10-/m0/s1. The molecule has 0 aromatic heterocycles. The predicted octanol–water partition coefficient (Wildman–Crippen LogP) is 1.50.